The molecule has 0 heterocycles. The Morgan fingerprint density at radius 2 is 1.65 bits per heavy atom. The van der Waals surface area contributed by atoms with E-state index < -0.39 is 0 Å². The molecule has 96 valence electrons. The quantitative estimate of drug-likeness (QED) is 0.807. The third-order valence-corrected chi connectivity index (χ3v) is 3.08. The van der Waals surface area contributed by atoms with E-state index in [1.807, 2.05) is 0 Å². The fourth-order valence-electron chi connectivity index (χ4n) is 1.76. The Balaban J connectivity index is 2.66. The van der Waals surface area contributed by atoms with Gasteiger partial charge in [-0.15, -0.1) is 0 Å². The van der Waals surface area contributed by atoms with Crippen LogP contribution in [0.25, 0.3) is 0 Å². The molecule has 0 saturated heterocycles. The Kier molecular flexibility index (Phi) is 5.49. The van der Waals surface area contributed by atoms with E-state index in [1.54, 1.807) is 7.11 Å². The average molecular weight is 235 g/mol. The van der Waals surface area contributed by atoms with Gasteiger partial charge in [-0.1, -0.05) is 39.8 Å². The monoisotopic (exact) mass is 235 g/mol. The molecule has 0 aromatic heterocycles. The second kappa shape index (κ2) is 6.65. The van der Waals surface area contributed by atoms with Gasteiger partial charge in [0.25, 0.3) is 0 Å². The summed E-state index contributed by atoms with van der Waals surface area (Å²) < 4.78 is 5.24. The Hall–Kier alpha value is -1.02. The third-order valence-electron chi connectivity index (χ3n) is 3.08. The summed E-state index contributed by atoms with van der Waals surface area (Å²) in [6, 6.07) is 9.06. The van der Waals surface area contributed by atoms with Gasteiger partial charge in [0.05, 0.1) is 12.6 Å². The molecule has 17 heavy (non-hydrogen) atoms. The highest BCUT2D eigenvalue weighted by Gasteiger charge is 2.12. The zero-order valence-corrected chi connectivity index (χ0v) is 11.7. The molecule has 1 aromatic rings. The first kappa shape index (κ1) is 14.0. The number of rotatable bonds is 6. The highest BCUT2D eigenvalue weighted by atomic mass is 16.5. The summed E-state index contributed by atoms with van der Waals surface area (Å²) in [5.41, 5.74) is 2.55. The molecule has 1 N–H and O–H groups in total. The van der Waals surface area contributed by atoms with Crippen LogP contribution in [0.3, 0.4) is 0 Å². The first-order valence-electron chi connectivity index (χ1n) is 6.40. The van der Waals surface area contributed by atoms with Crippen LogP contribution in [-0.4, -0.2) is 19.8 Å². The molecule has 0 aliphatic carbocycles. The SMILES string of the molecule is COCC(Nc1ccc(C(C)C)cc1)C(C)C. The number of hydrogen-bond acceptors (Lipinski definition) is 2. The van der Waals surface area contributed by atoms with Gasteiger partial charge < -0.3 is 10.1 Å². The van der Waals surface area contributed by atoms with Gasteiger partial charge >= 0.3 is 0 Å². The third kappa shape index (κ3) is 4.39. The van der Waals surface area contributed by atoms with E-state index >= 15 is 0 Å². The van der Waals surface area contributed by atoms with Gasteiger partial charge in [-0.25, -0.2) is 0 Å². The molecule has 2 nitrogen and oxygen atoms in total. The Labute approximate surface area is 105 Å². The van der Waals surface area contributed by atoms with E-state index in [1.165, 1.54) is 11.3 Å². The number of methoxy groups -OCH3 is 1. The molecule has 1 aromatic carbocycles. The van der Waals surface area contributed by atoms with Crippen molar-refractivity contribution < 1.29 is 4.74 Å². The number of ether oxygens (including phenoxy) is 1. The molecule has 1 atom stereocenters. The molecule has 1 unspecified atom stereocenters. The summed E-state index contributed by atoms with van der Waals surface area (Å²) in [6.07, 6.45) is 0. The van der Waals surface area contributed by atoms with Gasteiger partial charge in [-0.05, 0) is 29.5 Å². The molecule has 0 saturated carbocycles. The minimum absolute atomic E-state index is 0.366. The number of benzene rings is 1. The van der Waals surface area contributed by atoms with Gasteiger partial charge in [0.1, 0.15) is 0 Å². The molecule has 0 spiro atoms. The zero-order chi connectivity index (χ0) is 12.8. The van der Waals surface area contributed by atoms with Crippen molar-refractivity contribution in [3.63, 3.8) is 0 Å². The van der Waals surface area contributed by atoms with E-state index in [2.05, 4.69) is 57.3 Å². The van der Waals surface area contributed by atoms with Crippen LogP contribution in [0.15, 0.2) is 24.3 Å². The van der Waals surface area contributed by atoms with Crippen molar-refractivity contribution in [2.45, 2.75) is 39.7 Å². The molecule has 0 radical (unpaired) electrons. The van der Waals surface area contributed by atoms with Gasteiger partial charge in [0.2, 0.25) is 0 Å². The lowest BCUT2D eigenvalue weighted by molar-refractivity contribution is 0.171. The lowest BCUT2D eigenvalue weighted by Gasteiger charge is -2.23. The Morgan fingerprint density at radius 1 is 1.06 bits per heavy atom. The van der Waals surface area contributed by atoms with Crippen LogP contribution in [0, 0.1) is 5.92 Å². The van der Waals surface area contributed by atoms with Crippen molar-refractivity contribution in [3.8, 4) is 0 Å². The summed E-state index contributed by atoms with van der Waals surface area (Å²) in [6.45, 7) is 9.58. The second-order valence-corrected chi connectivity index (χ2v) is 5.23. The number of nitrogens with one attached hydrogen (secondary N) is 1. The maximum atomic E-state index is 5.24. The van der Waals surface area contributed by atoms with Crippen molar-refractivity contribution in [2.24, 2.45) is 5.92 Å². The number of anilines is 1. The van der Waals surface area contributed by atoms with Crippen LogP contribution in [0.2, 0.25) is 0 Å². The Morgan fingerprint density at radius 3 is 2.06 bits per heavy atom. The van der Waals surface area contributed by atoms with Crippen LogP contribution in [0.5, 0.6) is 0 Å². The van der Waals surface area contributed by atoms with Gasteiger partial charge in [0.15, 0.2) is 0 Å². The van der Waals surface area contributed by atoms with Crippen LogP contribution < -0.4 is 5.32 Å². The minimum Gasteiger partial charge on any atom is -0.383 e. The van der Waals surface area contributed by atoms with E-state index in [0.29, 0.717) is 17.9 Å². The maximum absolute atomic E-state index is 5.24. The molecule has 0 aliphatic rings. The summed E-state index contributed by atoms with van der Waals surface area (Å²) in [5, 5.41) is 3.52. The highest BCUT2D eigenvalue weighted by Crippen LogP contribution is 2.18. The van der Waals surface area contributed by atoms with Crippen molar-refractivity contribution in [2.75, 3.05) is 19.0 Å². The lowest BCUT2D eigenvalue weighted by Crippen LogP contribution is -2.30. The van der Waals surface area contributed by atoms with Crippen LogP contribution in [0.1, 0.15) is 39.2 Å². The molecular formula is C15H25NO. The molecular weight excluding hydrogens is 210 g/mol. The van der Waals surface area contributed by atoms with Crippen molar-refractivity contribution >= 4 is 5.69 Å². The normalized spacial score (nSPS) is 13.1. The molecule has 2 heteroatoms. The van der Waals surface area contributed by atoms with Crippen LogP contribution in [-0.2, 0) is 4.74 Å². The van der Waals surface area contributed by atoms with Crippen molar-refractivity contribution in [1.82, 2.24) is 0 Å². The van der Waals surface area contributed by atoms with Crippen LogP contribution in [0.4, 0.5) is 5.69 Å². The molecule has 0 bridgehead atoms. The van der Waals surface area contributed by atoms with Gasteiger partial charge in [0, 0.05) is 12.8 Å². The zero-order valence-electron chi connectivity index (χ0n) is 11.7. The molecule has 0 fully saturated rings. The fourth-order valence-corrected chi connectivity index (χ4v) is 1.76. The van der Waals surface area contributed by atoms with Gasteiger partial charge in [-0.2, -0.15) is 0 Å². The minimum atomic E-state index is 0.366. The first-order chi connectivity index (χ1) is 8.04. The number of hydrogen-bond donors (Lipinski definition) is 1. The molecule has 1 rings (SSSR count). The van der Waals surface area contributed by atoms with Gasteiger partial charge in [-0.3, -0.25) is 0 Å². The Bertz CT molecular complexity index is 316. The standard InChI is InChI=1S/C15H25NO/c1-11(2)13-6-8-14(9-7-13)16-15(10-17-5)12(3)4/h6-9,11-12,15-16H,10H2,1-5H3. The van der Waals surface area contributed by atoms with E-state index in [4.69, 9.17) is 4.74 Å². The van der Waals surface area contributed by atoms with Crippen molar-refractivity contribution in [3.05, 3.63) is 29.8 Å². The lowest BCUT2D eigenvalue weighted by atomic mass is 10.0. The summed E-state index contributed by atoms with van der Waals surface area (Å²) in [7, 11) is 1.75. The van der Waals surface area contributed by atoms with E-state index in [9.17, 15) is 0 Å². The average Bonchev–Trinajstić information content (AvgIpc) is 2.29. The van der Waals surface area contributed by atoms with E-state index in [-0.39, 0.29) is 0 Å². The first-order valence-corrected chi connectivity index (χ1v) is 6.40. The second-order valence-electron chi connectivity index (χ2n) is 5.23. The summed E-state index contributed by atoms with van der Waals surface area (Å²) in [5.74, 6) is 1.14. The molecule has 0 amide bonds. The predicted molar refractivity (Wildman–Crippen MR) is 74.7 cm³/mol. The van der Waals surface area contributed by atoms with Crippen LogP contribution >= 0.6 is 0 Å². The fraction of sp³-hybridized carbons (Fsp3) is 0.600. The largest absolute Gasteiger partial charge is 0.383 e. The molecule has 0 aliphatic heterocycles. The highest BCUT2D eigenvalue weighted by molar-refractivity contribution is 5.46. The summed E-state index contributed by atoms with van der Waals surface area (Å²) in [4.78, 5) is 0. The predicted octanol–water partition coefficient (Wildman–Crippen LogP) is 3.89. The maximum Gasteiger partial charge on any atom is 0.0666 e. The van der Waals surface area contributed by atoms with Crippen molar-refractivity contribution in [1.29, 1.82) is 0 Å². The topological polar surface area (TPSA) is 21.3 Å². The summed E-state index contributed by atoms with van der Waals surface area (Å²) >= 11 is 0. The smallest absolute Gasteiger partial charge is 0.0666 e. The van der Waals surface area contributed by atoms with E-state index in [0.717, 1.165) is 6.61 Å².